The number of rotatable bonds is 7. The molecule has 1 atom stereocenters. The Bertz CT molecular complexity index is 1120. The molecule has 0 spiro atoms. The number of hydrogen-bond acceptors (Lipinski definition) is 4. The van der Waals surface area contributed by atoms with E-state index in [0.29, 0.717) is 12.3 Å². The molecule has 0 aliphatic rings. The quantitative estimate of drug-likeness (QED) is 0.493. The minimum Gasteiger partial charge on any atom is -0.484 e. The molecule has 5 nitrogen and oxygen atoms in total. The standard InChI is InChI=1S/C23H23N3O2S/c1-16-12-17(2)26(25-16)21(22-8-5-11-29-22)14-24-23(27)15-28-20-10-9-18-6-3-4-7-19(18)13-20/h3-13,21H,14-15H2,1-2H3,(H,24,27). The minimum absolute atomic E-state index is 0.0212. The van der Waals surface area contributed by atoms with Crippen LogP contribution >= 0.6 is 11.3 Å². The predicted octanol–water partition coefficient (Wildman–Crippen LogP) is 4.50. The monoisotopic (exact) mass is 405 g/mol. The van der Waals surface area contributed by atoms with Crippen LogP contribution < -0.4 is 10.1 Å². The van der Waals surface area contributed by atoms with E-state index in [1.165, 1.54) is 0 Å². The molecule has 0 saturated heterocycles. The van der Waals surface area contributed by atoms with Crippen molar-refractivity contribution >= 4 is 28.0 Å². The number of nitrogens with one attached hydrogen (secondary N) is 1. The molecule has 1 amide bonds. The molecule has 0 radical (unpaired) electrons. The van der Waals surface area contributed by atoms with Gasteiger partial charge in [-0.3, -0.25) is 9.48 Å². The highest BCUT2D eigenvalue weighted by atomic mass is 32.1. The Hall–Kier alpha value is -3.12. The molecule has 0 aliphatic carbocycles. The zero-order valence-electron chi connectivity index (χ0n) is 16.5. The van der Waals surface area contributed by atoms with Crippen LogP contribution in [0.1, 0.15) is 22.3 Å². The van der Waals surface area contributed by atoms with Crippen LogP contribution in [0.15, 0.2) is 66.0 Å². The van der Waals surface area contributed by atoms with E-state index in [1.54, 1.807) is 11.3 Å². The fourth-order valence-electron chi connectivity index (χ4n) is 3.42. The third kappa shape index (κ3) is 4.49. The van der Waals surface area contributed by atoms with Crippen LogP contribution in [0.5, 0.6) is 5.75 Å². The molecule has 4 rings (SSSR count). The highest BCUT2D eigenvalue weighted by molar-refractivity contribution is 7.10. The molecular weight excluding hydrogens is 382 g/mol. The summed E-state index contributed by atoms with van der Waals surface area (Å²) in [6.45, 7) is 4.45. The number of nitrogens with zero attached hydrogens (tertiary/aromatic N) is 2. The summed E-state index contributed by atoms with van der Waals surface area (Å²) in [7, 11) is 0. The highest BCUT2D eigenvalue weighted by Gasteiger charge is 2.19. The Labute approximate surface area is 173 Å². The number of thiophene rings is 1. The van der Waals surface area contributed by atoms with Crippen LogP contribution in [0.2, 0.25) is 0 Å². The molecule has 2 aromatic heterocycles. The largest absolute Gasteiger partial charge is 0.484 e. The normalized spacial score (nSPS) is 12.1. The fraction of sp³-hybridized carbons (Fsp3) is 0.217. The van der Waals surface area contributed by atoms with E-state index in [9.17, 15) is 4.79 Å². The zero-order valence-corrected chi connectivity index (χ0v) is 17.3. The number of amides is 1. The smallest absolute Gasteiger partial charge is 0.258 e. The second-order valence-electron chi connectivity index (χ2n) is 7.00. The van der Waals surface area contributed by atoms with Crippen molar-refractivity contribution < 1.29 is 9.53 Å². The molecule has 6 heteroatoms. The predicted molar refractivity (Wildman–Crippen MR) is 117 cm³/mol. The topological polar surface area (TPSA) is 56.2 Å². The molecule has 2 heterocycles. The van der Waals surface area contributed by atoms with E-state index in [4.69, 9.17) is 4.74 Å². The molecule has 0 fully saturated rings. The number of carbonyl (C=O) groups excluding carboxylic acids is 1. The molecular formula is C23H23N3O2S. The van der Waals surface area contributed by atoms with Gasteiger partial charge in [0, 0.05) is 17.1 Å². The van der Waals surface area contributed by atoms with Crippen molar-refractivity contribution in [2.24, 2.45) is 0 Å². The van der Waals surface area contributed by atoms with Gasteiger partial charge in [-0.15, -0.1) is 11.3 Å². The Morgan fingerprint density at radius 3 is 2.66 bits per heavy atom. The number of ether oxygens (including phenoxy) is 1. The summed E-state index contributed by atoms with van der Waals surface area (Å²) < 4.78 is 7.68. The number of aryl methyl sites for hydroxylation is 2. The van der Waals surface area contributed by atoms with Crippen LogP contribution in [0.3, 0.4) is 0 Å². The van der Waals surface area contributed by atoms with Gasteiger partial charge in [-0.05, 0) is 54.3 Å². The van der Waals surface area contributed by atoms with Crippen LogP contribution in [-0.4, -0.2) is 28.8 Å². The van der Waals surface area contributed by atoms with Gasteiger partial charge in [-0.2, -0.15) is 5.10 Å². The van der Waals surface area contributed by atoms with Gasteiger partial charge in [0.15, 0.2) is 6.61 Å². The summed E-state index contributed by atoms with van der Waals surface area (Å²) in [5, 5.41) is 11.9. The first-order valence-electron chi connectivity index (χ1n) is 9.54. The average molecular weight is 406 g/mol. The molecule has 2 aromatic carbocycles. The first kappa shape index (κ1) is 19.2. The summed E-state index contributed by atoms with van der Waals surface area (Å²) in [6.07, 6.45) is 0. The van der Waals surface area contributed by atoms with Crippen LogP contribution in [0.4, 0.5) is 0 Å². The van der Waals surface area contributed by atoms with Gasteiger partial charge < -0.3 is 10.1 Å². The maximum absolute atomic E-state index is 12.4. The first-order chi connectivity index (χ1) is 14.1. The third-order valence-corrected chi connectivity index (χ3v) is 5.77. The van der Waals surface area contributed by atoms with Crippen molar-refractivity contribution in [2.75, 3.05) is 13.2 Å². The van der Waals surface area contributed by atoms with Gasteiger partial charge >= 0.3 is 0 Å². The molecule has 4 aromatic rings. The van der Waals surface area contributed by atoms with Gasteiger partial charge in [0.2, 0.25) is 0 Å². The van der Waals surface area contributed by atoms with Crippen molar-refractivity contribution in [3.8, 4) is 5.75 Å². The highest BCUT2D eigenvalue weighted by Crippen LogP contribution is 2.24. The Morgan fingerprint density at radius 2 is 1.93 bits per heavy atom. The van der Waals surface area contributed by atoms with E-state index < -0.39 is 0 Å². The fourth-order valence-corrected chi connectivity index (χ4v) is 4.23. The molecule has 0 bridgehead atoms. The number of aromatic nitrogens is 2. The van der Waals surface area contributed by atoms with Gasteiger partial charge in [-0.25, -0.2) is 0 Å². The van der Waals surface area contributed by atoms with Crippen molar-refractivity contribution in [3.63, 3.8) is 0 Å². The summed E-state index contributed by atoms with van der Waals surface area (Å²) >= 11 is 1.66. The van der Waals surface area contributed by atoms with Crippen molar-refractivity contribution in [1.82, 2.24) is 15.1 Å². The van der Waals surface area contributed by atoms with Crippen LogP contribution in [-0.2, 0) is 4.79 Å². The van der Waals surface area contributed by atoms with Crippen molar-refractivity contribution in [1.29, 1.82) is 0 Å². The number of benzene rings is 2. The molecule has 29 heavy (non-hydrogen) atoms. The Kier molecular flexibility index (Phi) is 5.62. The maximum atomic E-state index is 12.4. The lowest BCUT2D eigenvalue weighted by Gasteiger charge is -2.19. The lowest BCUT2D eigenvalue weighted by Crippen LogP contribution is -2.34. The van der Waals surface area contributed by atoms with Gasteiger partial charge in [0.05, 0.1) is 5.69 Å². The molecule has 1 N–H and O–H groups in total. The van der Waals surface area contributed by atoms with E-state index in [0.717, 1.165) is 27.0 Å². The van der Waals surface area contributed by atoms with E-state index >= 15 is 0 Å². The van der Waals surface area contributed by atoms with Crippen LogP contribution in [0.25, 0.3) is 10.8 Å². The Balaban J connectivity index is 1.39. The second-order valence-corrected chi connectivity index (χ2v) is 7.98. The number of carbonyl (C=O) groups is 1. The van der Waals surface area contributed by atoms with Crippen LogP contribution in [0, 0.1) is 13.8 Å². The van der Waals surface area contributed by atoms with Gasteiger partial charge in [-0.1, -0.05) is 36.4 Å². The van der Waals surface area contributed by atoms with E-state index in [-0.39, 0.29) is 18.6 Å². The number of fused-ring (bicyclic) bond motifs is 1. The SMILES string of the molecule is Cc1cc(C)n(C(CNC(=O)COc2ccc3ccccc3c2)c2cccs2)n1. The van der Waals surface area contributed by atoms with E-state index in [1.807, 2.05) is 72.4 Å². The lowest BCUT2D eigenvalue weighted by molar-refractivity contribution is -0.123. The van der Waals surface area contributed by atoms with Gasteiger partial charge in [0.25, 0.3) is 5.91 Å². The van der Waals surface area contributed by atoms with E-state index in [2.05, 4.69) is 22.5 Å². The molecule has 0 saturated carbocycles. The van der Waals surface area contributed by atoms with Crippen molar-refractivity contribution in [3.05, 3.63) is 82.3 Å². The zero-order chi connectivity index (χ0) is 20.2. The number of hydrogen-bond donors (Lipinski definition) is 1. The lowest BCUT2D eigenvalue weighted by atomic mass is 10.1. The molecule has 148 valence electrons. The minimum atomic E-state index is -0.152. The molecule has 1 unspecified atom stereocenters. The Morgan fingerprint density at radius 1 is 1.10 bits per heavy atom. The summed E-state index contributed by atoms with van der Waals surface area (Å²) in [4.78, 5) is 13.6. The summed E-state index contributed by atoms with van der Waals surface area (Å²) in [5.74, 6) is 0.536. The summed E-state index contributed by atoms with van der Waals surface area (Å²) in [5.41, 5.74) is 2.04. The maximum Gasteiger partial charge on any atom is 0.258 e. The van der Waals surface area contributed by atoms with Gasteiger partial charge in [0.1, 0.15) is 11.8 Å². The second kappa shape index (κ2) is 8.49. The first-order valence-corrected chi connectivity index (χ1v) is 10.4. The van der Waals surface area contributed by atoms with Crippen molar-refractivity contribution in [2.45, 2.75) is 19.9 Å². The summed E-state index contributed by atoms with van der Waals surface area (Å²) in [6, 6.07) is 20.0. The average Bonchev–Trinajstić information content (AvgIpc) is 3.36. The molecule has 0 aliphatic heterocycles. The third-order valence-electron chi connectivity index (χ3n) is 4.79.